The van der Waals surface area contributed by atoms with Gasteiger partial charge in [-0.2, -0.15) is 5.10 Å². The third-order valence-electron chi connectivity index (χ3n) is 2.68. The number of H-pyrrole nitrogens is 1. The van der Waals surface area contributed by atoms with Gasteiger partial charge in [-0.3, -0.25) is 9.89 Å². The van der Waals surface area contributed by atoms with Crippen LogP contribution in [0.4, 0.5) is 5.82 Å². The number of hydrogen-bond acceptors (Lipinski definition) is 4. The molecule has 0 aliphatic carbocycles. The fourth-order valence-corrected chi connectivity index (χ4v) is 2.32. The predicted molar refractivity (Wildman–Crippen MR) is 76.1 cm³/mol. The van der Waals surface area contributed by atoms with Crippen LogP contribution >= 0.6 is 11.3 Å². The molecule has 102 valence electrons. The van der Waals surface area contributed by atoms with Crippen LogP contribution in [0.15, 0.2) is 17.5 Å². The number of nitrogens with zero attached hydrogens (tertiary/aromatic N) is 1. The molecule has 2 rings (SSSR count). The van der Waals surface area contributed by atoms with Gasteiger partial charge in [-0.25, -0.2) is 0 Å². The van der Waals surface area contributed by atoms with Gasteiger partial charge in [0.25, 0.3) is 5.91 Å². The standard InChI is InChI=1S/C13H17N3O2S/c1-13(2,3)9-7-10(16-15-9)14-12(17)11-8(18-4)5-6-19-11/h5-7H,1-4H3,(H2,14,15,16,17). The van der Waals surface area contributed by atoms with Crippen molar-refractivity contribution in [2.24, 2.45) is 0 Å². The van der Waals surface area contributed by atoms with Gasteiger partial charge in [0.1, 0.15) is 10.6 Å². The van der Waals surface area contributed by atoms with Crippen molar-refractivity contribution in [3.05, 3.63) is 28.1 Å². The van der Waals surface area contributed by atoms with Crippen molar-refractivity contribution in [3.8, 4) is 5.75 Å². The van der Waals surface area contributed by atoms with E-state index in [9.17, 15) is 4.79 Å². The lowest BCUT2D eigenvalue weighted by atomic mass is 9.92. The van der Waals surface area contributed by atoms with Crippen LogP contribution in [0.5, 0.6) is 5.75 Å². The van der Waals surface area contributed by atoms with Gasteiger partial charge in [0.05, 0.1) is 7.11 Å². The SMILES string of the molecule is COc1ccsc1C(=O)Nc1cc(C(C)(C)C)[nH]n1. The van der Waals surface area contributed by atoms with E-state index in [1.165, 1.54) is 11.3 Å². The van der Waals surface area contributed by atoms with Crippen LogP contribution in [0.25, 0.3) is 0 Å². The first-order valence-electron chi connectivity index (χ1n) is 5.90. The maximum absolute atomic E-state index is 12.1. The molecule has 2 heterocycles. The first kappa shape index (κ1) is 13.6. The number of aromatic amines is 1. The molecular weight excluding hydrogens is 262 g/mol. The van der Waals surface area contributed by atoms with E-state index < -0.39 is 0 Å². The van der Waals surface area contributed by atoms with Crippen LogP contribution in [0.3, 0.4) is 0 Å². The van der Waals surface area contributed by atoms with Gasteiger partial charge in [-0.05, 0) is 11.4 Å². The highest BCUT2D eigenvalue weighted by Crippen LogP contribution is 2.26. The topological polar surface area (TPSA) is 67.0 Å². The Balaban J connectivity index is 2.14. The average molecular weight is 279 g/mol. The molecule has 0 spiro atoms. The lowest BCUT2D eigenvalue weighted by molar-refractivity contribution is 0.102. The lowest BCUT2D eigenvalue weighted by Crippen LogP contribution is -2.12. The minimum absolute atomic E-state index is 0.0312. The first-order valence-corrected chi connectivity index (χ1v) is 6.78. The smallest absolute Gasteiger partial charge is 0.270 e. The maximum atomic E-state index is 12.1. The van der Waals surface area contributed by atoms with E-state index in [0.717, 1.165) is 5.69 Å². The fraction of sp³-hybridized carbons (Fsp3) is 0.385. The molecule has 1 amide bonds. The molecule has 0 radical (unpaired) electrons. The van der Waals surface area contributed by atoms with Gasteiger partial charge in [-0.15, -0.1) is 11.3 Å². The third kappa shape index (κ3) is 2.96. The zero-order valence-electron chi connectivity index (χ0n) is 11.4. The Labute approximate surface area is 116 Å². The van der Waals surface area contributed by atoms with E-state index in [2.05, 4.69) is 36.3 Å². The molecule has 2 aromatic rings. The molecule has 0 aliphatic rings. The molecule has 2 N–H and O–H groups in total. The molecule has 0 aromatic carbocycles. The van der Waals surface area contributed by atoms with Crippen molar-refractivity contribution in [2.75, 3.05) is 12.4 Å². The number of nitrogens with one attached hydrogen (secondary N) is 2. The van der Waals surface area contributed by atoms with Crippen LogP contribution < -0.4 is 10.1 Å². The quantitative estimate of drug-likeness (QED) is 0.907. The zero-order chi connectivity index (χ0) is 14.0. The second-order valence-corrected chi connectivity index (χ2v) is 6.11. The van der Waals surface area contributed by atoms with Crippen LogP contribution in [0, 0.1) is 0 Å². The minimum Gasteiger partial charge on any atom is -0.495 e. The van der Waals surface area contributed by atoms with E-state index in [-0.39, 0.29) is 11.3 Å². The summed E-state index contributed by atoms with van der Waals surface area (Å²) in [5.74, 6) is 0.887. The zero-order valence-corrected chi connectivity index (χ0v) is 12.2. The summed E-state index contributed by atoms with van der Waals surface area (Å²) in [6.45, 7) is 6.23. The van der Waals surface area contributed by atoms with E-state index in [1.807, 2.05) is 11.4 Å². The number of carbonyl (C=O) groups excluding carboxylic acids is 1. The minimum atomic E-state index is -0.209. The Morgan fingerprint density at radius 1 is 1.47 bits per heavy atom. The van der Waals surface area contributed by atoms with Crippen molar-refractivity contribution in [2.45, 2.75) is 26.2 Å². The van der Waals surface area contributed by atoms with E-state index in [4.69, 9.17) is 4.74 Å². The second-order valence-electron chi connectivity index (χ2n) is 5.19. The van der Waals surface area contributed by atoms with Gasteiger partial charge in [0.15, 0.2) is 5.82 Å². The molecule has 0 saturated heterocycles. The summed E-state index contributed by atoms with van der Waals surface area (Å²) in [6.07, 6.45) is 0. The van der Waals surface area contributed by atoms with Crippen molar-refractivity contribution in [1.29, 1.82) is 0 Å². The third-order valence-corrected chi connectivity index (χ3v) is 3.58. The van der Waals surface area contributed by atoms with Gasteiger partial charge in [-0.1, -0.05) is 20.8 Å². The molecule has 2 aromatic heterocycles. The second kappa shape index (κ2) is 5.05. The lowest BCUT2D eigenvalue weighted by Gasteiger charge is -2.14. The van der Waals surface area contributed by atoms with Crippen LogP contribution in [-0.2, 0) is 5.41 Å². The van der Waals surface area contributed by atoms with E-state index in [0.29, 0.717) is 16.4 Å². The van der Waals surface area contributed by atoms with E-state index in [1.54, 1.807) is 13.2 Å². The number of ether oxygens (including phenoxy) is 1. The largest absolute Gasteiger partial charge is 0.495 e. The average Bonchev–Trinajstić information content (AvgIpc) is 2.95. The molecule has 0 atom stereocenters. The summed E-state index contributed by atoms with van der Waals surface area (Å²) in [4.78, 5) is 12.6. The Bertz CT molecular complexity index is 581. The molecule has 0 aliphatic heterocycles. The summed E-state index contributed by atoms with van der Waals surface area (Å²) in [5.41, 5.74) is 0.942. The fourth-order valence-electron chi connectivity index (χ4n) is 1.57. The van der Waals surface area contributed by atoms with Crippen LogP contribution in [0.1, 0.15) is 36.1 Å². The highest BCUT2D eigenvalue weighted by Gasteiger charge is 2.19. The van der Waals surface area contributed by atoms with Crippen LogP contribution in [0.2, 0.25) is 0 Å². The van der Waals surface area contributed by atoms with E-state index >= 15 is 0 Å². The molecule has 5 nitrogen and oxygen atoms in total. The molecule has 6 heteroatoms. The van der Waals surface area contributed by atoms with Gasteiger partial charge in [0, 0.05) is 17.2 Å². The molecule has 0 unspecified atom stereocenters. The highest BCUT2D eigenvalue weighted by molar-refractivity contribution is 7.12. The van der Waals surface area contributed by atoms with Gasteiger partial charge < -0.3 is 10.1 Å². The Hall–Kier alpha value is -1.82. The maximum Gasteiger partial charge on any atom is 0.270 e. The van der Waals surface area contributed by atoms with Crippen molar-refractivity contribution >= 4 is 23.1 Å². The Morgan fingerprint density at radius 2 is 2.21 bits per heavy atom. The summed E-state index contributed by atoms with van der Waals surface area (Å²) < 4.78 is 5.12. The molecule has 0 saturated carbocycles. The number of anilines is 1. The van der Waals surface area contributed by atoms with Gasteiger partial charge >= 0.3 is 0 Å². The number of carbonyl (C=O) groups is 1. The van der Waals surface area contributed by atoms with Crippen molar-refractivity contribution in [1.82, 2.24) is 10.2 Å². The number of thiophene rings is 1. The van der Waals surface area contributed by atoms with Gasteiger partial charge in [0.2, 0.25) is 0 Å². The summed E-state index contributed by atoms with van der Waals surface area (Å²) in [7, 11) is 1.55. The molecule has 0 bridgehead atoms. The number of hydrogen-bond donors (Lipinski definition) is 2. The molecule has 0 fully saturated rings. The number of methoxy groups -OCH3 is 1. The number of amides is 1. The molecular formula is C13H17N3O2S. The first-order chi connectivity index (χ1) is 8.91. The molecule has 19 heavy (non-hydrogen) atoms. The predicted octanol–water partition coefficient (Wildman–Crippen LogP) is 3.03. The summed E-state index contributed by atoms with van der Waals surface area (Å²) in [6, 6.07) is 3.61. The normalized spacial score (nSPS) is 11.4. The monoisotopic (exact) mass is 279 g/mol. The van der Waals surface area contributed by atoms with Crippen molar-refractivity contribution < 1.29 is 9.53 Å². The highest BCUT2D eigenvalue weighted by atomic mass is 32.1. The van der Waals surface area contributed by atoms with Crippen molar-refractivity contribution in [3.63, 3.8) is 0 Å². The number of aromatic nitrogens is 2. The van der Waals surface area contributed by atoms with Crippen LogP contribution in [-0.4, -0.2) is 23.2 Å². The summed E-state index contributed by atoms with van der Waals surface area (Å²) >= 11 is 1.34. The Kier molecular flexibility index (Phi) is 3.61. The number of rotatable bonds is 3. The summed E-state index contributed by atoms with van der Waals surface area (Å²) in [5, 5.41) is 11.6. The Morgan fingerprint density at radius 3 is 2.79 bits per heavy atom.